The Hall–Kier alpha value is -4.12. The summed E-state index contributed by atoms with van der Waals surface area (Å²) >= 11 is 0. The maximum absolute atomic E-state index is 11.5. The normalized spacial score (nSPS) is 11.5. The van der Waals surface area contributed by atoms with Crippen LogP contribution in [0.3, 0.4) is 0 Å². The first-order valence-corrected chi connectivity index (χ1v) is 9.55. The highest BCUT2D eigenvalue weighted by Gasteiger charge is 2.37. The van der Waals surface area contributed by atoms with E-state index in [0.29, 0.717) is 0 Å². The summed E-state index contributed by atoms with van der Waals surface area (Å²) in [5.74, 6) is 0. The summed E-state index contributed by atoms with van der Waals surface area (Å²) in [4.78, 5) is 11.0. The van der Waals surface area contributed by atoms with E-state index in [-0.39, 0.29) is 11.4 Å². The van der Waals surface area contributed by atoms with Crippen molar-refractivity contribution in [3.05, 3.63) is 142 Å². The first kappa shape index (κ1) is 19.2. The SMILES string of the molecule is O=[N+]([O-])c1ccccc1N=NC(c1ccccc1)(c1ccccc1)c1ccccc1. The second-order valence-corrected chi connectivity index (χ2v) is 6.75. The lowest BCUT2D eigenvalue weighted by molar-refractivity contribution is -0.384. The molecular formula is C25H19N3O2. The molecule has 0 unspecified atom stereocenters. The van der Waals surface area contributed by atoms with Crippen LogP contribution in [0.2, 0.25) is 0 Å². The number of hydrogen-bond acceptors (Lipinski definition) is 4. The summed E-state index contributed by atoms with van der Waals surface area (Å²) in [6.07, 6.45) is 0. The highest BCUT2D eigenvalue weighted by Crippen LogP contribution is 2.42. The van der Waals surface area contributed by atoms with Gasteiger partial charge >= 0.3 is 0 Å². The van der Waals surface area contributed by atoms with E-state index in [2.05, 4.69) is 5.11 Å². The third kappa shape index (κ3) is 3.61. The number of nitro benzene ring substituents is 1. The summed E-state index contributed by atoms with van der Waals surface area (Å²) in [5.41, 5.74) is 1.95. The molecule has 0 fully saturated rings. The highest BCUT2D eigenvalue weighted by atomic mass is 16.6. The van der Waals surface area contributed by atoms with E-state index in [9.17, 15) is 10.1 Å². The number of nitro groups is 1. The molecule has 5 nitrogen and oxygen atoms in total. The first-order chi connectivity index (χ1) is 14.7. The minimum Gasteiger partial charge on any atom is -0.258 e. The molecule has 5 heteroatoms. The lowest BCUT2D eigenvalue weighted by Crippen LogP contribution is -2.26. The monoisotopic (exact) mass is 393 g/mol. The van der Waals surface area contributed by atoms with Crippen LogP contribution < -0.4 is 0 Å². The zero-order valence-electron chi connectivity index (χ0n) is 16.1. The zero-order chi connectivity index (χ0) is 20.8. The van der Waals surface area contributed by atoms with E-state index < -0.39 is 10.5 Å². The van der Waals surface area contributed by atoms with Gasteiger partial charge in [-0.25, -0.2) is 0 Å². The summed E-state index contributed by atoms with van der Waals surface area (Å²) in [6, 6.07) is 35.9. The van der Waals surface area contributed by atoms with E-state index in [1.165, 1.54) is 6.07 Å². The molecular weight excluding hydrogens is 374 g/mol. The Morgan fingerprint density at radius 3 is 1.43 bits per heavy atom. The molecule has 0 heterocycles. The van der Waals surface area contributed by atoms with Gasteiger partial charge in [-0.3, -0.25) is 10.1 Å². The number of benzene rings is 4. The number of nitrogens with zero attached hydrogens (tertiary/aromatic N) is 3. The molecule has 146 valence electrons. The molecule has 4 aromatic rings. The third-order valence-electron chi connectivity index (χ3n) is 4.96. The lowest BCUT2D eigenvalue weighted by Gasteiger charge is -2.30. The van der Waals surface area contributed by atoms with Crippen molar-refractivity contribution in [3.63, 3.8) is 0 Å². The number of hydrogen-bond donors (Lipinski definition) is 0. The molecule has 0 atom stereocenters. The van der Waals surface area contributed by atoms with Gasteiger partial charge in [0.05, 0.1) is 4.92 Å². The summed E-state index contributed by atoms with van der Waals surface area (Å²) in [5, 5.41) is 20.7. The quantitative estimate of drug-likeness (QED) is 0.159. The van der Waals surface area contributed by atoms with Crippen LogP contribution in [0.4, 0.5) is 11.4 Å². The third-order valence-corrected chi connectivity index (χ3v) is 4.96. The van der Waals surface area contributed by atoms with Gasteiger partial charge in [0, 0.05) is 6.07 Å². The predicted molar refractivity (Wildman–Crippen MR) is 117 cm³/mol. The largest absolute Gasteiger partial charge is 0.296 e. The van der Waals surface area contributed by atoms with Gasteiger partial charge in [0.1, 0.15) is 0 Å². The molecule has 0 aromatic heterocycles. The Morgan fingerprint density at radius 2 is 1.00 bits per heavy atom. The van der Waals surface area contributed by atoms with Crippen molar-refractivity contribution in [2.45, 2.75) is 5.54 Å². The maximum atomic E-state index is 11.5. The maximum Gasteiger partial charge on any atom is 0.296 e. The number of rotatable bonds is 6. The van der Waals surface area contributed by atoms with Crippen molar-refractivity contribution in [2.24, 2.45) is 10.2 Å². The average Bonchev–Trinajstić information content (AvgIpc) is 2.82. The molecule has 4 rings (SSSR count). The van der Waals surface area contributed by atoms with Gasteiger partial charge in [-0.15, -0.1) is 5.11 Å². The standard InChI is InChI=1S/C25H19N3O2/c29-28(30)24-19-11-10-18-23(24)26-27-25(20-12-4-1-5-13-20,21-14-6-2-7-15-21)22-16-8-3-9-17-22/h1-19H. The topological polar surface area (TPSA) is 67.9 Å². The fourth-order valence-corrected chi connectivity index (χ4v) is 3.54. The molecule has 0 aliphatic carbocycles. The molecule has 0 saturated carbocycles. The summed E-state index contributed by atoms with van der Waals surface area (Å²) in [6.45, 7) is 0. The van der Waals surface area contributed by atoms with E-state index in [0.717, 1.165) is 16.7 Å². The van der Waals surface area contributed by atoms with Gasteiger partial charge in [0.2, 0.25) is 0 Å². The van der Waals surface area contributed by atoms with Crippen LogP contribution in [0.1, 0.15) is 16.7 Å². The van der Waals surface area contributed by atoms with Gasteiger partial charge in [-0.05, 0) is 22.8 Å². The molecule has 0 radical (unpaired) electrons. The van der Waals surface area contributed by atoms with Crippen LogP contribution in [-0.4, -0.2) is 4.92 Å². The molecule has 0 aliphatic rings. The van der Waals surface area contributed by atoms with E-state index >= 15 is 0 Å². The van der Waals surface area contributed by atoms with E-state index in [4.69, 9.17) is 5.11 Å². The van der Waals surface area contributed by atoms with Gasteiger partial charge in [-0.2, -0.15) is 5.11 Å². The molecule has 0 aliphatic heterocycles. The van der Waals surface area contributed by atoms with E-state index in [1.54, 1.807) is 18.2 Å². The summed E-state index contributed by atoms with van der Waals surface area (Å²) < 4.78 is 0. The van der Waals surface area contributed by atoms with Gasteiger partial charge < -0.3 is 0 Å². The molecule has 0 bridgehead atoms. The Balaban J connectivity index is 2.00. The predicted octanol–water partition coefficient (Wildman–Crippen LogP) is 6.67. The molecule has 0 N–H and O–H groups in total. The highest BCUT2D eigenvalue weighted by molar-refractivity contribution is 5.57. The van der Waals surface area contributed by atoms with Crippen molar-refractivity contribution in [3.8, 4) is 0 Å². The minimum absolute atomic E-state index is 0.0793. The number of para-hydroxylation sites is 1. The molecule has 0 spiro atoms. The Morgan fingerprint density at radius 1 is 0.600 bits per heavy atom. The molecule has 0 amide bonds. The van der Waals surface area contributed by atoms with Crippen LogP contribution in [0.25, 0.3) is 0 Å². The molecule has 4 aromatic carbocycles. The Kier molecular flexibility index (Phi) is 5.44. The van der Waals surface area contributed by atoms with Crippen molar-refractivity contribution < 1.29 is 4.92 Å². The zero-order valence-corrected chi connectivity index (χ0v) is 16.1. The first-order valence-electron chi connectivity index (χ1n) is 9.55. The van der Waals surface area contributed by atoms with Gasteiger partial charge in [-0.1, -0.05) is 103 Å². The van der Waals surface area contributed by atoms with Crippen molar-refractivity contribution in [2.75, 3.05) is 0 Å². The smallest absolute Gasteiger partial charge is 0.258 e. The average molecular weight is 393 g/mol. The minimum atomic E-state index is -0.951. The van der Waals surface area contributed by atoms with Crippen LogP contribution in [0.5, 0.6) is 0 Å². The molecule has 0 saturated heterocycles. The van der Waals surface area contributed by atoms with Crippen molar-refractivity contribution in [1.82, 2.24) is 0 Å². The fraction of sp³-hybridized carbons (Fsp3) is 0.0400. The Bertz CT molecular complexity index is 1060. The number of azo groups is 1. The van der Waals surface area contributed by atoms with Crippen molar-refractivity contribution in [1.29, 1.82) is 0 Å². The lowest BCUT2D eigenvalue weighted by atomic mass is 9.78. The summed E-state index contributed by atoms with van der Waals surface area (Å²) in [7, 11) is 0. The van der Waals surface area contributed by atoms with Crippen LogP contribution in [0, 0.1) is 10.1 Å². The second kappa shape index (κ2) is 8.49. The Labute approximate surface area is 174 Å². The van der Waals surface area contributed by atoms with Crippen LogP contribution >= 0.6 is 0 Å². The second-order valence-electron chi connectivity index (χ2n) is 6.75. The molecule has 30 heavy (non-hydrogen) atoms. The van der Waals surface area contributed by atoms with Gasteiger partial charge in [0.25, 0.3) is 5.69 Å². The van der Waals surface area contributed by atoms with Crippen LogP contribution in [-0.2, 0) is 5.54 Å². The van der Waals surface area contributed by atoms with Gasteiger partial charge in [0.15, 0.2) is 11.2 Å². The van der Waals surface area contributed by atoms with Crippen LogP contribution in [0.15, 0.2) is 125 Å². The fourth-order valence-electron chi connectivity index (χ4n) is 3.54. The van der Waals surface area contributed by atoms with Crippen molar-refractivity contribution >= 4 is 11.4 Å². The van der Waals surface area contributed by atoms with E-state index in [1.807, 2.05) is 91.0 Å².